The highest BCUT2D eigenvalue weighted by molar-refractivity contribution is 5.88. The molecule has 1 amide bonds. The Morgan fingerprint density at radius 2 is 2.38 bits per heavy atom. The zero-order valence-corrected chi connectivity index (χ0v) is 9.55. The molecule has 16 heavy (non-hydrogen) atoms. The van der Waals surface area contributed by atoms with Crippen LogP contribution in [0.3, 0.4) is 0 Å². The van der Waals surface area contributed by atoms with Crippen LogP contribution in [0, 0.1) is 0 Å². The molecule has 0 fully saturated rings. The van der Waals surface area contributed by atoms with Gasteiger partial charge in [-0.1, -0.05) is 25.2 Å². The van der Waals surface area contributed by atoms with Crippen LogP contribution in [0.25, 0.3) is 0 Å². The Labute approximate surface area is 94.7 Å². The number of aromatic nitrogens is 3. The fourth-order valence-electron chi connectivity index (χ4n) is 1.33. The number of amides is 1. The summed E-state index contributed by atoms with van der Waals surface area (Å²) in [7, 11) is 0. The predicted octanol–water partition coefficient (Wildman–Crippen LogP) is 1.29. The number of hydrogen-bond donors (Lipinski definition) is 1. The van der Waals surface area contributed by atoms with Crippen LogP contribution >= 0.6 is 0 Å². The van der Waals surface area contributed by atoms with E-state index >= 15 is 0 Å². The third kappa shape index (κ3) is 3.34. The van der Waals surface area contributed by atoms with Crippen LogP contribution in [-0.4, -0.2) is 20.7 Å². The smallest absolute Gasteiger partial charge is 0.288 e. The van der Waals surface area contributed by atoms with Gasteiger partial charge in [-0.2, -0.15) is 0 Å². The van der Waals surface area contributed by atoms with Gasteiger partial charge in [-0.05, 0) is 18.9 Å². The van der Waals surface area contributed by atoms with Crippen molar-refractivity contribution in [1.29, 1.82) is 0 Å². The molecule has 1 aromatic rings. The van der Waals surface area contributed by atoms with Crippen LogP contribution in [0.1, 0.15) is 30.9 Å². The summed E-state index contributed by atoms with van der Waals surface area (Å²) in [5.41, 5.74) is 6.20. The molecule has 1 heterocycles. The van der Waals surface area contributed by atoms with Crippen LogP contribution in [0.5, 0.6) is 0 Å². The number of carbonyl (C=O) groups is 1. The van der Waals surface area contributed by atoms with Crippen LogP contribution < -0.4 is 5.73 Å². The second-order valence-electron chi connectivity index (χ2n) is 3.32. The van der Waals surface area contributed by atoms with E-state index in [4.69, 9.17) is 5.73 Å². The minimum Gasteiger partial charge on any atom is -0.363 e. The second-order valence-corrected chi connectivity index (χ2v) is 3.32. The van der Waals surface area contributed by atoms with Gasteiger partial charge in [-0.25, -0.2) is 9.67 Å². The molecule has 86 valence electrons. The lowest BCUT2D eigenvalue weighted by molar-refractivity contribution is 0.0990. The summed E-state index contributed by atoms with van der Waals surface area (Å²) < 4.78 is 1.60. The van der Waals surface area contributed by atoms with E-state index in [1.807, 2.05) is 19.1 Å². The van der Waals surface area contributed by atoms with Crippen molar-refractivity contribution in [2.45, 2.75) is 26.8 Å². The van der Waals surface area contributed by atoms with Gasteiger partial charge in [0, 0.05) is 0 Å². The Kier molecular flexibility index (Phi) is 4.44. The maximum absolute atomic E-state index is 10.8. The monoisotopic (exact) mass is 220 g/mol. The van der Waals surface area contributed by atoms with Crippen LogP contribution in [-0.2, 0) is 6.54 Å². The Balaban J connectivity index is 2.78. The van der Waals surface area contributed by atoms with Crippen molar-refractivity contribution in [2.24, 2.45) is 5.73 Å². The lowest BCUT2D eigenvalue weighted by Gasteiger charge is -2.01. The molecular weight excluding hydrogens is 204 g/mol. The van der Waals surface area contributed by atoms with Gasteiger partial charge < -0.3 is 5.73 Å². The molecule has 5 heteroatoms. The van der Waals surface area contributed by atoms with E-state index in [2.05, 4.69) is 23.1 Å². The van der Waals surface area contributed by atoms with Gasteiger partial charge in [0.1, 0.15) is 6.33 Å². The molecule has 0 aromatic carbocycles. The molecule has 2 N–H and O–H groups in total. The molecule has 0 saturated heterocycles. The van der Waals surface area contributed by atoms with Gasteiger partial charge in [0.15, 0.2) is 0 Å². The van der Waals surface area contributed by atoms with Gasteiger partial charge in [-0.15, -0.1) is 5.10 Å². The van der Waals surface area contributed by atoms with E-state index in [9.17, 15) is 4.79 Å². The van der Waals surface area contributed by atoms with E-state index < -0.39 is 5.91 Å². The highest BCUT2D eigenvalue weighted by atomic mass is 16.1. The first-order valence-electron chi connectivity index (χ1n) is 5.18. The molecule has 0 aliphatic heterocycles. The molecule has 5 nitrogen and oxygen atoms in total. The fourth-order valence-corrected chi connectivity index (χ4v) is 1.33. The maximum atomic E-state index is 10.8. The van der Waals surface area contributed by atoms with Gasteiger partial charge in [-0.3, -0.25) is 4.79 Å². The average molecular weight is 220 g/mol. The third-order valence-corrected chi connectivity index (χ3v) is 1.95. The maximum Gasteiger partial charge on any atom is 0.288 e. The molecular formula is C11H16N4O. The Morgan fingerprint density at radius 3 is 2.88 bits per heavy atom. The van der Waals surface area contributed by atoms with Crippen LogP contribution in [0.4, 0.5) is 0 Å². The van der Waals surface area contributed by atoms with Gasteiger partial charge in [0.25, 0.3) is 5.91 Å². The number of nitrogens with two attached hydrogens (primary N) is 1. The molecule has 0 aliphatic rings. The minimum absolute atomic E-state index is 0.0522. The number of primary amides is 1. The molecule has 0 saturated carbocycles. The number of nitrogens with zero attached hydrogens (tertiary/aromatic N) is 3. The normalized spacial score (nSPS) is 12.2. The van der Waals surface area contributed by atoms with E-state index in [0.29, 0.717) is 6.54 Å². The quantitative estimate of drug-likeness (QED) is 0.760. The summed E-state index contributed by atoms with van der Waals surface area (Å²) in [6.07, 6.45) is 8.54. The first-order chi connectivity index (χ1) is 7.67. The Morgan fingerprint density at radius 1 is 1.62 bits per heavy atom. The summed E-state index contributed by atoms with van der Waals surface area (Å²) in [5, 5.41) is 3.97. The number of hydrogen-bond acceptors (Lipinski definition) is 3. The zero-order valence-electron chi connectivity index (χ0n) is 9.55. The summed E-state index contributed by atoms with van der Waals surface area (Å²) in [6, 6.07) is 0. The van der Waals surface area contributed by atoms with E-state index in [1.165, 1.54) is 6.33 Å². The molecule has 1 rings (SSSR count). The van der Waals surface area contributed by atoms with Crippen molar-refractivity contribution in [3.63, 3.8) is 0 Å². The van der Waals surface area contributed by atoms with Crippen molar-refractivity contribution in [3.05, 3.63) is 36.0 Å². The van der Waals surface area contributed by atoms with E-state index in [-0.39, 0.29) is 5.82 Å². The fraction of sp³-hybridized carbons (Fsp3) is 0.364. The molecule has 1 aromatic heterocycles. The molecule has 0 unspecified atom stereocenters. The summed E-state index contributed by atoms with van der Waals surface area (Å²) in [5.74, 6) is -0.554. The highest BCUT2D eigenvalue weighted by Gasteiger charge is 2.06. The van der Waals surface area contributed by atoms with E-state index in [1.54, 1.807) is 4.68 Å². The lowest BCUT2D eigenvalue weighted by Crippen LogP contribution is -2.13. The van der Waals surface area contributed by atoms with Crippen molar-refractivity contribution >= 4 is 5.91 Å². The van der Waals surface area contributed by atoms with Gasteiger partial charge in [0.05, 0.1) is 6.54 Å². The topological polar surface area (TPSA) is 73.8 Å². The first-order valence-corrected chi connectivity index (χ1v) is 5.18. The number of carbonyl (C=O) groups excluding carboxylic acids is 1. The molecule has 0 radical (unpaired) electrons. The van der Waals surface area contributed by atoms with E-state index in [0.717, 1.165) is 12.0 Å². The van der Waals surface area contributed by atoms with Gasteiger partial charge in [0.2, 0.25) is 5.82 Å². The molecule has 0 bridgehead atoms. The van der Waals surface area contributed by atoms with Crippen molar-refractivity contribution in [1.82, 2.24) is 14.8 Å². The first kappa shape index (κ1) is 12.2. The Bertz CT molecular complexity index is 417. The second kappa shape index (κ2) is 5.85. The van der Waals surface area contributed by atoms with Crippen LogP contribution in [0.15, 0.2) is 30.1 Å². The molecule has 0 aliphatic carbocycles. The van der Waals surface area contributed by atoms with Crippen LogP contribution in [0.2, 0.25) is 0 Å². The standard InChI is InChI=1S/C11H16N4O/c1-3-5-9(6-4-2)7-15-8-13-11(14-15)10(12)16/h3,5-6,8H,4,7H2,1-2H3,(H2,12,16)/b5-3-,9-6+. The van der Waals surface area contributed by atoms with Crippen molar-refractivity contribution in [3.8, 4) is 0 Å². The van der Waals surface area contributed by atoms with Crippen molar-refractivity contribution < 1.29 is 4.79 Å². The number of rotatable bonds is 5. The summed E-state index contributed by atoms with van der Waals surface area (Å²) >= 11 is 0. The Hall–Kier alpha value is -1.91. The van der Waals surface area contributed by atoms with Gasteiger partial charge >= 0.3 is 0 Å². The number of allylic oxidation sites excluding steroid dienone is 4. The third-order valence-electron chi connectivity index (χ3n) is 1.95. The molecule has 0 atom stereocenters. The molecule has 0 spiro atoms. The lowest BCUT2D eigenvalue weighted by atomic mass is 10.2. The largest absolute Gasteiger partial charge is 0.363 e. The summed E-state index contributed by atoms with van der Waals surface area (Å²) in [6.45, 7) is 4.62. The SMILES string of the molecule is C/C=C\C(=C/CC)Cn1cnc(C(N)=O)n1. The minimum atomic E-state index is -0.606. The van der Waals surface area contributed by atoms with Crippen molar-refractivity contribution in [2.75, 3.05) is 0 Å². The zero-order chi connectivity index (χ0) is 12.0. The summed E-state index contributed by atoms with van der Waals surface area (Å²) in [4.78, 5) is 14.6. The highest BCUT2D eigenvalue weighted by Crippen LogP contribution is 2.03. The predicted molar refractivity (Wildman–Crippen MR) is 61.7 cm³/mol. The average Bonchev–Trinajstić information content (AvgIpc) is 2.67.